The molecular weight excluding hydrogens is 455 g/mol. The first-order chi connectivity index (χ1) is 17.4. The number of hydrogen-bond acceptors (Lipinski definition) is 6. The lowest BCUT2D eigenvalue weighted by molar-refractivity contribution is 0.205. The molecular formula is C28H35FN6O. The lowest BCUT2D eigenvalue weighted by Crippen LogP contribution is -2.55. The predicted molar refractivity (Wildman–Crippen MR) is 142 cm³/mol. The van der Waals surface area contributed by atoms with Crippen LogP contribution < -0.4 is 15.0 Å². The molecule has 1 saturated heterocycles. The standard InChI is InChI=1S/C28H35FN6O/c1-4-34(33-15-9-6-10-16-33)28-31-26(24-14-13-23(29)17-20(24)2)25-18-30-19-35(36,27(25)32-28)21(3)22-11-7-5-8-12-22/h5,7-8,11-14,17,21,30H,4,6,9-10,15-16,18-19H2,1-3H3/t21-,35?/m0/s1. The van der Waals surface area contributed by atoms with Crippen LogP contribution in [0.5, 0.6) is 0 Å². The lowest BCUT2D eigenvalue weighted by Gasteiger charge is -2.49. The van der Waals surface area contributed by atoms with Gasteiger partial charge in [0, 0.05) is 37.3 Å². The van der Waals surface area contributed by atoms with Crippen molar-refractivity contribution in [3.63, 3.8) is 0 Å². The average Bonchev–Trinajstić information content (AvgIpc) is 2.90. The number of aromatic nitrogens is 2. The first-order valence-electron chi connectivity index (χ1n) is 13.0. The van der Waals surface area contributed by atoms with E-state index in [1.54, 1.807) is 6.07 Å². The fourth-order valence-electron chi connectivity index (χ4n) is 5.47. The molecule has 0 amide bonds. The molecule has 0 bridgehead atoms. The van der Waals surface area contributed by atoms with E-state index in [-0.39, 0.29) is 18.5 Å². The van der Waals surface area contributed by atoms with Crippen LogP contribution >= 0.6 is 0 Å². The van der Waals surface area contributed by atoms with Gasteiger partial charge in [-0.3, -0.25) is 15.0 Å². The maximum atomic E-state index is 14.7. The average molecular weight is 491 g/mol. The normalized spacial score (nSPS) is 21.1. The van der Waals surface area contributed by atoms with Crippen molar-refractivity contribution < 1.29 is 4.39 Å². The molecule has 2 atom stereocenters. The molecule has 0 radical (unpaired) electrons. The third-order valence-corrected chi connectivity index (χ3v) is 7.54. The molecule has 2 aliphatic heterocycles. The zero-order chi connectivity index (χ0) is 25.3. The van der Waals surface area contributed by atoms with Crippen LogP contribution in [0.1, 0.15) is 55.8 Å². The highest BCUT2D eigenvalue weighted by atomic mass is 19.1. The summed E-state index contributed by atoms with van der Waals surface area (Å²) in [5.74, 6) is 0.745. The Bertz CT molecular complexity index is 1220. The van der Waals surface area contributed by atoms with Crippen molar-refractivity contribution in [1.29, 1.82) is 0 Å². The Morgan fingerprint density at radius 1 is 1.11 bits per heavy atom. The molecule has 0 aliphatic carbocycles. The van der Waals surface area contributed by atoms with Crippen LogP contribution in [0.25, 0.3) is 11.3 Å². The first-order valence-corrected chi connectivity index (χ1v) is 13.0. The lowest BCUT2D eigenvalue weighted by atomic mass is 9.99. The molecule has 2 aromatic carbocycles. The Balaban J connectivity index is 1.71. The second kappa shape index (κ2) is 10.2. The Kier molecular flexibility index (Phi) is 7.03. The summed E-state index contributed by atoms with van der Waals surface area (Å²) in [6.45, 7) is 9.23. The van der Waals surface area contributed by atoms with Crippen molar-refractivity contribution in [3.8, 4) is 11.3 Å². The fourth-order valence-corrected chi connectivity index (χ4v) is 5.47. The van der Waals surface area contributed by atoms with Gasteiger partial charge < -0.3 is 5.21 Å². The second-order valence-corrected chi connectivity index (χ2v) is 9.83. The number of halogens is 1. The molecule has 1 N–H and O–H groups in total. The maximum absolute atomic E-state index is 14.7. The molecule has 1 unspecified atom stereocenters. The number of hydrogen-bond donors (Lipinski definition) is 1. The third kappa shape index (κ3) is 4.50. The van der Waals surface area contributed by atoms with Gasteiger partial charge in [-0.1, -0.05) is 36.8 Å². The van der Waals surface area contributed by atoms with E-state index in [9.17, 15) is 9.60 Å². The van der Waals surface area contributed by atoms with Crippen LogP contribution in [-0.4, -0.2) is 41.3 Å². The molecule has 3 aromatic rings. The number of nitrogens with zero attached hydrogens (tertiary/aromatic N) is 5. The van der Waals surface area contributed by atoms with Crippen LogP contribution in [0.3, 0.4) is 0 Å². The molecule has 3 heterocycles. The highest BCUT2D eigenvalue weighted by Gasteiger charge is 2.39. The minimum atomic E-state index is -0.625. The molecule has 0 spiro atoms. The van der Waals surface area contributed by atoms with E-state index < -0.39 is 4.65 Å². The van der Waals surface area contributed by atoms with Crippen LogP contribution in [-0.2, 0) is 6.54 Å². The predicted octanol–water partition coefficient (Wildman–Crippen LogP) is 5.45. The number of benzene rings is 2. The molecule has 8 heteroatoms. The van der Waals surface area contributed by atoms with Crippen molar-refractivity contribution in [1.82, 2.24) is 24.9 Å². The highest BCUT2D eigenvalue weighted by molar-refractivity contribution is 5.73. The second-order valence-electron chi connectivity index (χ2n) is 9.83. The highest BCUT2D eigenvalue weighted by Crippen LogP contribution is 2.42. The molecule has 36 heavy (non-hydrogen) atoms. The number of quaternary nitrogens is 1. The van der Waals surface area contributed by atoms with Gasteiger partial charge in [0.25, 0.3) is 0 Å². The van der Waals surface area contributed by atoms with Crippen molar-refractivity contribution >= 4 is 11.8 Å². The van der Waals surface area contributed by atoms with Gasteiger partial charge in [-0.15, -0.1) is 0 Å². The van der Waals surface area contributed by atoms with Gasteiger partial charge in [0.15, 0.2) is 0 Å². The smallest absolute Gasteiger partial charge is 0.245 e. The SMILES string of the molecule is CCN(c1nc(-c2ccc(F)cc2C)c2c(n1)[N+]([O-])([C@@H](C)c1ccccc1)CNC2)N1CCCCC1. The van der Waals surface area contributed by atoms with Gasteiger partial charge >= 0.3 is 0 Å². The van der Waals surface area contributed by atoms with Gasteiger partial charge in [0.05, 0.1) is 11.3 Å². The van der Waals surface area contributed by atoms with E-state index in [0.717, 1.165) is 48.2 Å². The van der Waals surface area contributed by atoms with Crippen molar-refractivity contribution in [2.75, 3.05) is 31.3 Å². The maximum Gasteiger partial charge on any atom is 0.245 e. The summed E-state index contributed by atoms with van der Waals surface area (Å²) in [5, 5.41) is 22.4. The van der Waals surface area contributed by atoms with E-state index in [1.807, 2.05) is 44.2 Å². The van der Waals surface area contributed by atoms with E-state index in [0.29, 0.717) is 30.5 Å². The van der Waals surface area contributed by atoms with Crippen molar-refractivity contribution in [2.45, 2.75) is 52.6 Å². The zero-order valence-corrected chi connectivity index (χ0v) is 21.4. The molecule has 5 rings (SSSR count). The van der Waals surface area contributed by atoms with Crippen molar-refractivity contribution in [3.05, 3.63) is 76.2 Å². The summed E-state index contributed by atoms with van der Waals surface area (Å²) in [5.41, 5.74) is 4.06. The number of aryl methyl sites for hydroxylation is 1. The van der Waals surface area contributed by atoms with Crippen LogP contribution in [0.4, 0.5) is 16.2 Å². The van der Waals surface area contributed by atoms with E-state index in [4.69, 9.17) is 9.97 Å². The third-order valence-electron chi connectivity index (χ3n) is 7.54. The number of nitrogens with one attached hydrogen (secondary N) is 1. The van der Waals surface area contributed by atoms with Gasteiger partial charge in [-0.2, -0.15) is 4.98 Å². The number of hydrazine groups is 1. The summed E-state index contributed by atoms with van der Waals surface area (Å²) in [4.78, 5) is 10.1. The summed E-state index contributed by atoms with van der Waals surface area (Å²) in [6, 6.07) is 14.3. The van der Waals surface area contributed by atoms with Gasteiger partial charge in [-0.05, 0) is 57.4 Å². The summed E-state index contributed by atoms with van der Waals surface area (Å²) in [7, 11) is 0. The first kappa shape index (κ1) is 24.8. The Morgan fingerprint density at radius 2 is 1.86 bits per heavy atom. The largest absolute Gasteiger partial charge is 0.625 e. The number of hydroxylamine groups is 2. The monoisotopic (exact) mass is 490 g/mol. The number of anilines is 1. The minimum Gasteiger partial charge on any atom is -0.625 e. The Morgan fingerprint density at radius 3 is 2.56 bits per heavy atom. The van der Waals surface area contributed by atoms with E-state index in [2.05, 4.69) is 22.3 Å². The summed E-state index contributed by atoms with van der Waals surface area (Å²) < 4.78 is 13.4. The number of rotatable bonds is 6. The quantitative estimate of drug-likeness (QED) is 0.366. The van der Waals surface area contributed by atoms with Crippen LogP contribution in [0, 0.1) is 17.9 Å². The Hall–Kier alpha value is -2.91. The molecule has 7 nitrogen and oxygen atoms in total. The molecule has 1 fully saturated rings. The number of piperidine rings is 1. The topological polar surface area (TPSA) is 67.3 Å². The summed E-state index contributed by atoms with van der Waals surface area (Å²) in [6.07, 6.45) is 3.48. The zero-order valence-electron chi connectivity index (χ0n) is 21.4. The number of fused-ring (bicyclic) bond motifs is 1. The minimum absolute atomic E-state index is 0.219. The molecule has 0 saturated carbocycles. The summed E-state index contributed by atoms with van der Waals surface area (Å²) >= 11 is 0. The van der Waals surface area contributed by atoms with E-state index in [1.165, 1.54) is 18.6 Å². The molecule has 1 aromatic heterocycles. The molecule has 2 aliphatic rings. The van der Waals surface area contributed by atoms with Gasteiger partial charge in [-0.25, -0.2) is 14.4 Å². The van der Waals surface area contributed by atoms with E-state index >= 15 is 0 Å². The van der Waals surface area contributed by atoms with Crippen LogP contribution in [0.15, 0.2) is 48.5 Å². The van der Waals surface area contributed by atoms with Gasteiger partial charge in [0.1, 0.15) is 18.5 Å². The van der Waals surface area contributed by atoms with Crippen molar-refractivity contribution in [2.24, 2.45) is 0 Å². The Labute approximate surface area is 212 Å². The van der Waals surface area contributed by atoms with Crippen LogP contribution in [0.2, 0.25) is 0 Å². The molecule has 190 valence electrons. The fraction of sp³-hybridized carbons (Fsp3) is 0.429. The van der Waals surface area contributed by atoms with Gasteiger partial charge in [0.2, 0.25) is 11.8 Å².